The minimum atomic E-state index is -0.416. The molecule has 0 aliphatic heterocycles. The Morgan fingerprint density at radius 1 is 1.43 bits per heavy atom. The first-order valence-electron chi connectivity index (χ1n) is 4.59. The van der Waals surface area contributed by atoms with Gasteiger partial charge in [0, 0.05) is 6.07 Å². The van der Waals surface area contributed by atoms with Gasteiger partial charge in [-0.05, 0) is 37.5 Å². The van der Waals surface area contributed by atoms with Crippen molar-refractivity contribution in [1.29, 1.82) is 0 Å². The summed E-state index contributed by atoms with van der Waals surface area (Å²) in [4.78, 5) is 0. The van der Waals surface area contributed by atoms with Gasteiger partial charge in [-0.2, -0.15) is 0 Å². The van der Waals surface area contributed by atoms with E-state index in [-0.39, 0.29) is 5.75 Å². The summed E-state index contributed by atoms with van der Waals surface area (Å²) < 4.78 is 5.03. The van der Waals surface area contributed by atoms with E-state index in [1.54, 1.807) is 20.1 Å². The molecule has 0 fully saturated rings. The molecule has 0 amide bonds. The summed E-state index contributed by atoms with van der Waals surface area (Å²) in [6, 6.07) is 3.41. The largest absolute Gasteiger partial charge is 0.508 e. The Bertz CT molecular complexity index is 319. The first kappa shape index (κ1) is 10.9. The number of phenols is 1. The van der Waals surface area contributed by atoms with Gasteiger partial charge in [0.05, 0.1) is 13.2 Å². The summed E-state index contributed by atoms with van der Waals surface area (Å²) in [5.41, 5.74) is 1.71. The van der Waals surface area contributed by atoms with Crippen molar-refractivity contribution in [1.82, 2.24) is 0 Å². The zero-order valence-corrected chi connectivity index (χ0v) is 8.74. The van der Waals surface area contributed by atoms with Crippen molar-refractivity contribution in [3.05, 3.63) is 23.3 Å². The quantitative estimate of drug-likeness (QED) is 0.772. The van der Waals surface area contributed by atoms with Crippen molar-refractivity contribution in [2.45, 2.75) is 26.4 Å². The van der Waals surface area contributed by atoms with Crippen molar-refractivity contribution < 1.29 is 14.9 Å². The lowest BCUT2D eigenvalue weighted by Crippen LogP contribution is -2.06. The molecule has 0 unspecified atom stereocenters. The maximum atomic E-state index is 9.56. The molecule has 0 saturated carbocycles. The predicted molar refractivity (Wildman–Crippen MR) is 54.8 cm³/mol. The third kappa shape index (κ3) is 2.39. The number of hydrogen-bond acceptors (Lipinski definition) is 3. The van der Waals surface area contributed by atoms with Gasteiger partial charge in [0.15, 0.2) is 0 Å². The molecule has 0 bridgehead atoms. The summed E-state index contributed by atoms with van der Waals surface area (Å²) in [7, 11) is 1.55. The number of rotatable bonds is 3. The molecule has 3 nitrogen and oxygen atoms in total. The number of aliphatic hydroxyl groups is 1. The predicted octanol–water partition coefficient (Wildman–Crippen LogP) is 1.63. The standard InChI is InChI=1S/C11H16O3/c1-7(12)4-9-5-10(14-3)6-11(13)8(9)2/h5-7,12-13H,4H2,1-3H3/t7-/m0/s1. The summed E-state index contributed by atoms with van der Waals surface area (Å²) in [6.07, 6.45) is 0.108. The van der Waals surface area contributed by atoms with Crippen LogP contribution in [0.5, 0.6) is 11.5 Å². The highest BCUT2D eigenvalue weighted by Crippen LogP contribution is 2.27. The van der Waals surface area contributed by atoms with Crippen LogP contribution in [0.2, 0.25) is 0 Å². The fraction of sp³-hybridized carbons (Fsp3) is 0.455. The fourth-order valence-electron chi connectivity index (χ4n) is 1.38. The smallest absolute Gasteiger partial charge is 0.122 e. The van der Waals surface area contributed by atoms with Gasteiger partial charge in [0.2, 0.25) is 0 Å². The Morgan fingerprint density at radius 2 is 2.07 bits per heavy atom. The first-order valence-corrected chi connectivity index (χ1v) is 4.59. The van der Waals surface area contributed by atoms with Crippen molar-refractivity contribution in [2.24, 2.45) is 0 Å². The topological polar surface area (TPSA) is 49.7 Å². The van der Waals surface area contributed by atoms with Crippen LogP contribution in [0.15, 0.2) is 12.1 Å². The van der Waals surface area contributed by atoms with Crippen molar-refractivity contribution in [3.8, 4) is 11.5 Å². The number of aromatic hydroxyl groups is 1. The second-order valence-corrected chi connectivity index (χ2v) is 3.48. The highest BCUT2D eigenvalue weighted by atomic mass is 16.5. The van der Waals surface area contributed by atoms with Crippen LogP contribution in [0.4, 0.5) is 0 Å². The third-order valence-electron chi connectivity index (χ3n) is 2.21. The monoisotopic (exact) mass is 196 g/mol. The fourth-order valence-corrected chi connectivity index (χ4v) is 1.38. The Labute approximate surface area is 84.0 Å². The molecule has 1 rings (SSSR count). The molecule has 0 aliphatic carbocycles. The van der Waals surface area contributed by atoms with Gasteiger partial charge in [0.1, 0.15) is 11.5 Å². The van der Waals surface area contributed by atoms with Gasteiger partial charge < -0.3 is 14.9 Å². The average molecular weight is 196 g/mol. The molecular weight excluding hydrogens is 180 g/mol. The molecule has 3 heteroatoms. The summed E-state index contributed by atoms with van der Waals surface area (Å²) >= 11 is 0. The minimum Gasteiger partial charge on any atom is -0.508 e. The highest BCUT2D eigenvalue weighted by Gasteiger charge is 2.08. The maximum Gasteiger partial charge on any atom is 0.122 e. The van der Waals surface area contributed by atoms with Gasteiger partial charge in [-0.25, -0.2) is 0 Å². The normalized spacial score (nSPS) is 12.6. The van der Waals surface area contributed by atoms with Crippen LogP contribution in [-0.2, 0) is 6.42 Å². The van der Waals surface area contributed by atoms with Crippen LogP contribution in [0.3, 0.4) is 0 Å². The molecule has 0 radical (unpaired) electrons. The second kappa shape index (κ2) is 4.33. The van der Waals surface area contributed by atoms with E-state index < -0.39 is 6.10 Å². The zero-order chi connectivity index (χ0) is 10.7. The van der Waals surface area contributed by atoms with Gasteiger partial charge in [-0.15, -0.1) is 0 Å². The number of hydrogen-bond donors (Lipinski definition) is 2. The Hall–Kier alpha value is -1.22. The average Bonchev–Trinajstić information content (AvgIpc) is 2.11. The third-order valence-corrected chi connectivity index (χ3v) is 2.21. The lowest BCUT2D eigenvalue weighted by atomic mass is 10.0. The van der Waals surface area contributed by atoms with Crippen molar-refractivity contribution in [2.75, 3.05) is 7.11 Å². The van der Waals surface area contributed by atoms with Crippen LogP contribution in [0.1, 0.15) is 18.1 Å². The number of aliphatic hydroxyl groups excluding tert-OH is 1. The molecule has 1 aromatic carbocycles. The van der Waals surface area contributed by atoms with E-state index in [4.69, 9.17) is 4.74 Å². The minimum absolute atomic E-state index is 0.208. The van der Waals surface area contributed by atoms with E-state index >= 15 is 0 Å². The van der Waals surface area contributed by atoms with E-state index in [0.29, 0.717) is 12.2 Å². The molecule has 1 atom stereocenters. The van der Waals surface area contributed by atoms with E-state index in [2.05, 4.69) is 0 Å². The summed E-state index contributed by atoms with van der Waals surface area (Å²) in [5.74, 6) is 0.823. The van der Waals surface area contributed by atoms with E-state index in [1.165, 1.54) is 0 Å². The van der Waals surface area contributed by atoms with E-state index in [1.807, 2.05) is 13.0 Å². The van der Waals surface area contributed by atoms with Crippen molar-refractivity contribution >= 4 is 0 Å². The Kier molecular flexibility index (Phi) is 3.36. The van der Waals surface area contributed by atoms with Gasteiger partial charge >= 0.3 is 0 Å². The Morgan fingerprint density at radius 3 is 2.57 bits per heavy atom. The lowest BCUT2D eigenvalue weighted by Gasteiger charge is -2.11. The first-order chi connectivity index (χ1) is 6.54. The maximum absolute atomic E-state index is 9.56. The van der Waals surface area contributed by atoms with Crippen LogP contribution < -0.4 is 4.74 Å². The van der Waals surface area contributed by atoms with Crippen LogP contribution >= 0.6 is 0 Å². The number of phenolic OH excluding ortho intramolecular Hbond substituents is 1. The van der Waals surface area contributed by atoms with Crippen LogP contribution in [0.25, 0.3) is 0 Å². The lowest BCUT2D eigenvalue weighted by molar-refractivity contribution is 0.195. The number of methoxy groups -OCH3 is 1. The van der Waals surface area contributed by atoms with E-state index in [0.717, 1.165) is 11.1 Å². The number of ether oxygens (including phenoxy) is 1. The molecule has 0 spiro atoms. The molecule has 1 aromatic rings. The molecule has 14 heavy (non-hydrogen) atoms. The molecule has 2 N–H and O–H groups in total. The van der Waals surface area contributed by atoms with Gasteiger partial charge in [-0.1, -0.05) is 0 Å². The number of benzene rings is 1. The highest BCUT2D eigenvalue weighted by molar-refractivity contribution is 5.45. The SMILES string of the molecule is COc1cc(O)c(C)c(C[C@H](C)O)c1. The van der Waals surface area contributed by atoms with Crippen LogP contribution in [-0.4, -0.2) is 23.4 Å². The Balaban J connectivity index is 3.07. The van der Waals surface area contributed by atoms with Crippen molar-refractivity contribution in [3.63, 3.8) is 0 Å². The second-order valence-electron chi connectivity index (χ2n) is 3.48. The molecule has 78 valence electrons. The summed E-state index contributed by atoms with van der Waals surface area (Å²) in [5, 5.41) is 18.8. The van der Waals surface area contributed by atoms with Crippen LogP contribution in [0, 0.1) is 6.92 Å². The molecule has 0 aliphatic rings. The zero-order valence-electron chi connectivity index (χ0n) is 8.74. The molecule has 0 saturated heterocycles. The van der Waals surface area contributed by atoms with Gasteiger partial charge in [0.25, 0.3) is 0 Å². The van der Waals surface area contributed by atoms with Gasteiger partial charge in [-0.3, -0.25) is 0 Å². The molecular formula is C11H16O3. The van der Waals surface area contributed by atoms with E-state index in [9.17, 15) is 10.2 Å². The summed E-state index contributed by atoms with van der Waals surface area (Å²) in [6.45, 7) is 3.54. The molecule has 0 heterocycles. The molecule has 0 aromatic heterocycles.